The van der Waals surface area contributed by atoms with Crippen molar-refractivity contribution in [2.24, 2.45) is 5.92 Å². The van der Waals surface area contributed by atoms with Gasteiger partial charge in [0.1, 0.15) is 0 Å². The molecule has 0 radical (unpaired) electrons. The molecule has 250 valence electrons. The smallest absolute Gasteiger partial charge is 0.0547 e. The van der Waals surface area contributed by atoms with Crippen LogP contribution in [0.1, 0.15) is 30.9 Å². The third kappa shape index (κ3) is 5.83. The first kappa shape index (κ1) is 31.6. The van der Waals surface area contributed by atoms with Crippen LogP contribution in [0.5, 0.6) is 0 Å². The summed E-state index contributed by atoms with van der Waals surface area (Å²) in [5.41, 5.74) is 15.2. The number of rotatable bonds is 5. The third-order valence-corrected chi connectivity index (χ3v) is 10.4. The Balaban J connectivity index is 1.20. The molecule has 0 saturated carbocycles. The summed E-state index contributed by atoms with van der Waals surface area (Å²) < 4.78 is 2.39. The van der Waals surface area contributed by atoms with Crippen LogP contribution < -0.4 is 4.90 Å². The first-order valence-electron chi connectivity index (χ1n) is 18.2. The lowest BCUT2D eigenvalue weighted by atomic mass is 9.89. The SMILES string of the molecule is C=C1/C=C\C(c2ccc3c4ccccc4n(-c4ccccc4)c3c2)=C/N(c2cccc(-c3cccc(C4=CC=CCC=C4)c3)c2)C2=CC(C)CC=C12. The summed E-state index contributed by atoms with van der Waals surface area (Å²) in [6.45, 7) is 6.87. The molecule has 0 bridgehead atoms. The highest BCUT2D eigenvalue weighted by Crippen LogP contribution is 2.40. The van der Waals surface area contributed by atoms with Crippen LogP contribution in [0.2, 0.25) is 0 Å². The van der Waals surface area contributed by atoms with Crippen molar-refractivity contribution < 1.29 is 0 Å². The van der Waals surface area contributed by atoms with Crippen molar-refractivity contribution in [3.63, 3.8) is 0 Å². The number of anilines is 1. The minimum atomic E-state index is 0.419. The van der Waals surface area contributed by atoms with E-state index in [0.717, 1.165) is 40.9 Å². The molecule has 1 aliphatic heterocycles. The number of fused-ring (bicyclic) bond motifs is 4. The molecular weight excluding hydrogens is 629 g/mol. The van der Waals surface area contributed by atoms with Gasteiger partial charge in [0, 0.05) is 39.6 Å². The van der Waals surface area contributed by atoms with Crippen molar-refractivity contribution >= 4 is 38.6 Å². The lowest BCUT2D eigenvalue weighted by Crippen LogP contribution is -2.22. The number of hydrogen-bond donors (Lipinski definition) is 0. The normalized spacial score (nSPS) is 18.8. The molecule has 0 spiro atoms. The van der Waals surface area contributed by atoms with E-state index in [4.69, 9.17) is 0 Å². The van der Waals surface area contributed by atoms with Crippen molar-refractivity contribution in [1.82, 2.24) is 4.57 Å². The molecule has 0 fully saturated rings. The molecule has 2 heterocycles. The van der Waals surface area contributed by atoms with Gasteiger partial charge < -0.3 is 9.47 Å². The predicted octanol–water partition coefficient (Wildman–Crippen LogP) is 13.2. The average Bonchev–Trinajstić information content (AvgIpc) is 3.30. The maximum atomic E-state index is 4.57. The number of nitrogens with zero attached hydrogens (tertiary/aromatic N) is 2. The predicted molar refractivity (Wildman–Crippen MR) is 222 cm³/mol. The molecule has 1 atom stereocenters. The Morgan fingerprint density at radius 3 is 2.27 bits per heavy atom. The van der Waals surface area contributed by atoms with Crippen LogP contribution in [-0.2, 0) is 0 Å². The Morgan fingerprint density at radius 2 is 1.37 bits per heavy atom. The fraction of sp³-hybridized carbons (Fsp3) is 0.0800. The van der Waals surface area contributed by atoms with Gasteiger partial charge in [-0.25, -0.2) is 0 Å². The first-order chi connectivity index (χ1) is 25.6. The maximum absolute atomic E-state index is 4.57. The Labute approximate surface area is 306 Å². The Kier molecular flexibility index (Phi) is 8.14. The second-order valence-corrected chi connectivity index (χ2v) is 13.9. The quantitative estimate of drug-likeness (QED) is 0.177. The summed E-state index contributed by atoms with van der Waals surface area (Å²) in [4.78, 5) is 2.39. The highest BCUT2D eigenvalue weighted by molar-refractivity contribution is 6.10. The van der Waals surface area contributed by atoms with E-state index in [1.54, 1.807) is 0 Å². The maximum Gasteiger partial charge on any atom is 0.0547 e. The van der Waals surface area contributed by atoms with Crippen molar-refractivity contribution in [2.45, 2.75) is 19.8 Å². The fourth-order valence-corrected chi connectivity index (χ4v) is 7.75. The van der Waals surface area contributed by atoms with Crippen molar-refractivity contribution in [1.29, 1.82) is 0 Å². The lowest BCUT2D eigenvalue weighted by Gasteiger charge is -2.32. The van der Waals surface area contributed by atoms with E-state index in [1.807, 2.05) is 0 Å². The highest BCUT2D eigenvalue weighted by Gasteiger charge is 2.23. The van der Waals surface area contributed by atoms with Crippen molar-refractivity contribution in [3.8, 4) is 16.8 Å². The molecule has 1 unspecified atom stereocenters. The van der Waals surface area contributed by atoms with E-state index in [0.29, 0.717) is 5.92 Å². The number of para-hydroxylation sites is 2. The number of benzene rings is 5. The van der Waals surface area contributed by atoms with E-state index in [9.17, 15) is 0 Å². The molecule has 5 aromatic carbocycles. The zero-order valence-electron chi connectivity index (χ0n) is 29.4. The second kappa shape index (κ2) is 13.4. The second-order valence-electron chi connectivity index (χ2n) is 13.9. The minimum Gasteiger partial charge on any atom is -0.316 e. The lowest BCUT2D eigenvalue weighted by molar-refractivity contribution is 0.719. The van der Waals surface area contributed by atoms with E-state index in [1.165, 1.54) is 55.3 Å². The summed E-state index contributed by atoms with van der Waals surface area (Å²) in [7, 11) is 0. The van der Waals surface area contributed by atoms with Gasteiger partial charge in [0.05, 0.1) is 11.0 Å². The van der Waals surface area contributed by atoms with Crippen LogP contribution >= 0.6 is 0 Å². The summed E-state index contributed by atoms with van der Waals surface area (Å²) >= 11 is 0. The number of aromatic nitrogens is 1. The molecule has 0 amide bonds. The van der Waals surface area contributed by atoms with Crippen LogP contribution in [0.3, 0.4) is 0 Å². The zero-order chi connectivity index (χ0) is 35.0. The topological polar surface area (TPSA) is 8.17 Å². The average molecular weight is 669 g/mol. The van der Waals surface area contributed by atoms with Gasteiger partial charge in [-0.2, -0.15) is 0 Å². The molecule has 2 nitrogen and oxygen atoms in total. The fourth-order valence-electron chi connectivity index (χ4n) is 7.75. The molecule has 3 aliphatic rings. The Hall–Kier alpha value is -6.38. The van der Waals surface area contributed by atoms with E-state index in [-0.39, 0.29) is 0 Å². The summed E-state index contributed by atoms with van der Waals surface area (Å²) in [6.07, 6.45) is 24.5. The van der Waals surface area contributed by atoms with Crippen LogP contribution in [-0.4, -0.2) is 4.57 Å². The molecule has 6 aromatic rings. The molecule has 2 aliphatic carbocycles. The standard InChI is InChI=1S/C50H40N2/c1-35-24-28-45-36(2)25-26-42(41-27-29-47-46-22-10-11-23-48(46)52(50(47)33-41)43-19-8-5-9-20-43)34-51(49(45)30-35)44-21-13-18-40(32-44)39-17-12-16-38(31-39)37-14-6-3-4-7-15-37/h3,5-23,25-35H,2,4,24H2,1H3/b26-25-,42-34+. The van der Waals surface area contributed by atoms with Gasteiger partial charge in [-0.1, -0.05) is 147 Å². The van der Waals surface area contributed by atoms with Gasteiger partial charge >= 0.3 is 0 Å². The van der Waals surface area contributed by atoms with Gasteiger partial charge in [-0.3, -0.25) is 0 Å². The third-order valence-electron chi connectivity index (χ3n) is 10.4. The van der Waals surface area contributed by atoms with Gasteiger partial charge in [0.15, 0.2) is 0 Å². The summed E-state index contributed by atoms with van der Waals surface area (Å²) in [5, 5.41) is 2.50. The molecule has 0 saturated heterocycles. The van der Waals surface area contributed by atoms with Crippen LogP contribution in [0, 0.1) is 5.92 Å². The Morgan fingerprint density at radius 1 is 0.615 bits per heavy atom. The molecule has 1 aromatic heterocycles. The largest absolute Gasteiger partial charge is 0.316 e. The zero-order valence-corrected chi connectivity index (χ0v) is 29.4. The molecule has 52 heavy (non-hydrogen) atoms. The highest BCUT2D eigenvalue weighted by atomic mass is 15.1. The summed E-state index contributed by atoms with van der Waals surface area (Å²) in [5.74, 6) is 0.419. The van der Waals surface area contributed by atoms with Crippen molar-refractivity contribution in [2.75, 3.05) is 4.90 Å². The van der Waals surface area contributed by atoms with Gasteiger partial charge in [0.2, 0.25) is 0 Å². The van der Waals surface area contributed by atoms with E-state index in [2.05, 4.69) is 205 Å². The van der Waals surface area contributed by atoms with Crippen LogP contribution in [0.15, 0.2) is 206 Å². The molecule has 0 N–H and O–H groups in total. The Bertz CT molecular complexity index is 2600. The van der Waals surface area contributed by atoms with Crippen LogP contribution in [0.4, 0.5) is 5.69 Å². The van der Waals surface area contributed by atoms with Crippen molar-refractivity contribution in [3.05, 3.63) is 217 Å². The number of allylic oxidation sites excluding steroid dienone is 12. The van der Waals surface area contributed by atoms with Gasteiger partial charge in [0.25, 0.3) is 0 Å². The minimum absolute atomic E-state index is 0.419. The van der Waals surface area contributed by atoms with E-state index >= 15 is 0 Å². The van der Waals surface area contributed by atoms with E-state index < -0.39 is 0 Å². The van der Waals surface area contributed by atoms with Gasteiger partial charge in [-0.15, -0.1) is 0 Å². The van der Waals surface area contributed by atoms with Gasteiger partial charge in [-0.05, 0) is 100 Å². The molecule has 9 rings (SSSR count). The first-order valence-corrected chi connectivity index (χ1v) is 18.2. The van der Waals surface area contributed by atoms with Crippen LogP contribution in [0.25, 0.3) is 49.8 Å². The monoisotopic (exact) mass is 668 g/mol. The summed E-state index contributed by atoms with van der Waals surface area (Å²) in [6, 6.07) is 44.1. The molecule has 2 heteroatoms. The molecular formula is C50H40N2. The number of hydrogen-bond acceptors (Lipinski definition) is 1.